The standard InChI is InChI=1S/C22H31Br2N5O3Si/c1-13-15(23)16(24)19(29(13)12-31-10-11-33(5,6)7)18-17-14(8-9-25-18)26-20(27-17)28-21(30)32-22(2,3)4/h8-9H,10-12H2,1-7H3,(H2,26,27,28,30). The van der Waals surface area contributed by atoms with Crippen molar-refractivity contribution in [3.05, 3.63) is 26.9 Å². The Balaban J connectivity index is 1.95. The highest BCUT2D eigenvalue weighted by Crippen LogP contribution is 2.40. The van der Waals surface area contributed by atoms with E-state index >= 15 is 0 Å². The van der Waals surface area contributed by atoms with E-state index in [1.54, 1.807) is 6.20 Å². The molecule has 0 fully saturated rings. The van der Waals surface area contributed by atoms with Gasteiger partial charge in [-0.1, -0.05) is 19.6 Å². The van der Waals surface area contributed by atoms with Gasteiger partial charge < -0.3 is 19.0 Å². The van der Waals surface area contributed by atoms with E-state index in [9.17, 15) is 4.79 Å². The third-order valence-electron chi connectivity index (χ3n) is 4.85. The zero-order valence-electron chi connectivity index (χ0n) is 20.1. The Morgan fingerprint density at radius 2 is 1.94 bits per heavy atom. The maximum Gasteiger partial charge on any atom is 0.414 e. The Kier molecular flexibility index (Phi) is 7.77. The van der Waals surface area contributed by atoms with E-state index < -0.39 is 19.8 Å². The zero-order chi connectivity index (χ0) is 24.6. The number of imidazole rings is 1. The topological polar surface area (TPSA) is 94.1 Å². The average molecular weight is 601 g/mol. The molecule has 0 aliphatic rings. The number of ether oxygens (including phenoxy) is 2. The number of fused-ring (bicyclic) bond motifs is 1. The molecule has 0 unspecified atom stereocenters. The SMILES string of the molecule is Cc1c(Br)c(Br)c(-c2nccc3[nH]c(NC(=O)OC(C)(C)C)nc23)n1COCC[Si](C)(C)C. The number of aromatic amines is 1. The lowest BCUT2D eigenvalue weighted by atomic mass is 10.2. The van der Waals surface area contributed by atoms with Crippen molar-refractivity contribution in [2.45, 2.75) is 65.7 Å². The van der Waals surface area contributed by atoms with Gasteiger partial charge in [-0.3, -0.25) is 10.3 Å². The number of aromatic nitrogens is 4. The van der Waals surface area contributed by atoms with E-state index in [1.807, 2.05) is 33.8 Å². The summed E-state index contributed by atoms with van der Waals surface area (Å²) in [7, 11) is -1.18. The number of halogens is 2. The third-order valence-corrected chi connectivity index (χ3v) is 8.83. The number of nitrogens with one attached hydrogen (secondary N) is 2. The van der Waals surface area contributed by atoms with E-state index in [0.29, 0.717) is 30.5 Å². The first-order valence-corrected chi connectivity index (χ1v) is 16.0. The molecule has 0 radical (unpaired) electrons. The Morgan fingerprint density at radius 1 is 1.24 bits per heavy atom. The molecule has 1 amide bonds. The van der Waals surface area contributed by atoms with Crippen LogP contribution in [0, 0.1) is 6.92 Å². The summed E-state index contributed by atoms with van der Waals surface area (Å²) in [6.45, 7) is 15.6. The number of amides is 1. The first-order chi connectivity index (χ1) is 15.3. The van der Waals surface area contributed by atoms with E-state index in [2.05, 4.69) is 76.3 Å². The number of rotatable bonds is 7. The molecule has 0 spiro atoms. The van der Waals surface area contributed by atoms with Crippen LogP contribution in [0.5, 0.6) is 0 Å². The van der Waals surface area contributed by atoms with Gasteiger partial charge in [0, 0.05) is 26.6 Å². The fourth-order valence-electron chi connectivity index (χ4n) is 3.16. The lowest BCUT2D eigenvalue weighted by Gasteiger charge is -2.18. The summed E-state index contributed by atoms with van der Waals surface area (Å²) in [6, 6.07) is 2.91. The maximum atomic E-state index is 12.2. The summed E-state index contributed by atoms with van der Waals surface area (Å²) in [5.74, 6) is 0.296. The monoisotopic (exact) mass is 599 g/mol. The second kappa shape index (κ2) is 9.89. The molecule has 3 heterocycles. The number of hydrogen-bond acceptors (Lipinski definition) is 5. The molecule has 0 bridgehead atoms. The van der Waals surface area contributed by atoms with E-state index in [0.717, 1.165) is 31.9 Å². The van der Waals surface area contributed by atoms with Crippen molar-refractivity contribution in [1.29, 1.82) is 0 Å². The molecule has 2 N–H and O–H groups in total. The number of H-pyrrole nitrogens is 1. The number of carbonyl (C=O) groups excluding carboxylic acids is 1. The van der Waals surface area contributed by atoms with Crippen LogP contribution in [0.25, 0.3) is 22.4 Å². The van der Waals surface area contributed by atoms with Gasteiger partial charge in [-0.05, 0) is 71.7 Å². The lowest BCUT2D eigenvalue weighted by Crippen LogP contribution is -2.27. The highest BCUT2D eigenvalue weighted by Gasteiger charge is 2.24. The van der Waals surface area contributed by atoms with Crippen LogP contribution in [-0.2, 0) is 16.2 Å². The zero-order valence-corrected chi connectivity index (χ0v) is 24.3. The lowest BCUT2D eigenvalue weighted by molar-refractivity contribution is 0.0635. The Morgan fingerprint density at radius 3 is 2.58 bits per heavy atom. The molecule has 180 valence electrons. The number of pyridine rings is 1. The van der Waals surface area contributed by atoms with Gasteiger partial charge in [-0.15, -0.1) is 0 Å². The van der Waals surface area contributed by atoms with Crippen LogP contribution in [0.2, 0.25) is 25.7 Å². The molecule has 0 aliphatic carbocycles. The van der Waals surface area contributed by atoms with E-state index in [1.165, 1.54) is 0 Å². The van der Waals surface area contributed by atoms with Crippen LogP contribution in [0.4, 0.5) is 10.7 Å². The van der Waals surface area contributed by atoms with Gasteiger partial charge in [0.1, 0.15) is 23.5 Å². The fourth-order valence-corrected chi connectivity index (χ4v) is 5.01. The van der Waals surface area contributed by atoms with Gasteiger partial charge in [0.2, 0.25) is 5.95 Å². The van der Waals surface area contributed by atoms with Crippen molar-refractivity contribution in [2.75, 3.05) is 11.9 Å². The summed E-state index contributed by atoms with van der Waals surface area (Å²) >= 11 is 7.38. The van der Waals surface area contributed by atoms with Crippen molar-refractivity contribution in [1.82, 2.24) is 19.5 Å². The molecule has 3 rings (SSSR count). The normalized spacial score (nSPS) is 12.4. The minimum Gasteiger partial charge on any atom is -0.444 e. The van der Waals surface area contributed by atoms with Crippen LogP contribution in [0.1, 0.15) is 26.5 Å². The smallest absolute Gasteiger partial charge is 0.414 e. The molecule has 8 nitrogen and oxygen atoms in total. The minimum absolute atomic E-state index is 0.296. The van der Waals surface area contributed by atoms with Gasteiger partial charge >= 0.3 is 6.09 Å². The molecule has 3 aromatic heterocycles. The third kappa shape index (κ3) is 6.46. The molecule has 0 aromatic carbocycles. The number of carbonyl (C=O) groups is 1. The fraction of sp³-hybridized carbons (Fsp3) is 0.500. The molecule has 11 heteroatoms. The van der Waals surface area contributed by atoms with Crippen LogP contribution in [-0.4, -0.2) is 45.9 Å². The maximum absolute atomic E-state index is 12.2. The van der Waals surface area contributed by atoms with Gasteiger partial charge in [0.15, 0.2) is 0 Å². The Bertz CT molecular complexity index is 1160. The van der Waals surface area contributed by atoms with E-state index in [-0.39, 0.29) is 0 Å². The van der Waals surface area contributed by atoms with Gasteiger partial charge in [-0.25, -0.2) is 9.78 Å². The van der Waals surface area contributed by atoms with Crippen LogP contribution < -0.4 is 5.32 Å². The molecule has 0 aliphatic heterocycles. The first kappa shape index (κ1) is 25.9. The van der Waals surface area contributed by atoms with Gasteiger partial charge in [0.05, 0.1) is 20.2 Å². The summed E-state index contributed by atoms with van der Waals surface area (Å²) < 4.78 is 15.3. The van der Waals surface area contributed by atoms with Crippen molar-refractivity contribution < 1.29 is 14.3 Å². The number of anilines is 1. The summed E-state index contributed by atoms with van der Waals surface area (Å²) in [4.78, 5) is 24.5. The van der Waals surface area contributed by atoms with Crippen molar-refractivity contribution in [2.24, 2.45) is 0 Å². The average Bonchev–Trinajstić information content (AvgIpc) is 3.17. The molecular formula is C22H31Br2N5O3Si. The van der Waals surface area contributed by atoms with Crippen LogP contribution in [0.3, 0.4) is 0 Å². The summed E-state index contributed by atoms with van der Waals surface area (Å²) in [5, 5.41) is 2.66. The molecule has 0 saturated carbocycles. The Hall–Kier alpha value is -1.69. The highest BCUT2D eigenvalue weighted by molar-refractivity contribution is 9.13. The van der Waals surface area contributed by atoms with Gasteiger partial charge in [0.25, 0.3) is 0 Å². The highest BCUT2D eigenvalue weighted by atomic mass is 79.9. The summed E-state index contributed by atoms with van der Waals surface area (Å²) in [5.41, 5.74) is 3.33. The molecule has 33 heavy (non-hydrogen) atoms. The van der Waals surface area contributed by atoms with Crippen LogP contribution in [0.15, 0.2) is 21.2 Å². The second-order valence-electron chi connectivity index (χ2n) is 10.1. The van der Waals surface area contributed by atoms with Crippen LogP contribution >= 0.6 is 31.9 Å². The quantitative estimate of drug-likeness (QED) is 0.227. The number of nitrogens with zero attached hydrogens (tertiary/aromatic N) is 3. The molecule has 3 aromatic rings. The Labute approximate surface area is 212 Å². The van der Waals surface area contributed by atoms with Crippen molar-refractivity contribution in [3.63, 3.8) is 0 Å². The van der Waals surface area contributed by atoms with Gasteiger partial charge in [-0.2, -0.15) is 0 Å². The first-order valence-electron chi connectivity index (χ1n) is 10.7. The molecule has 0 atom stereocenters. The predicted molar refractivity (Wildman–Crippen MR) is 141 cm³/mol. The summed E-state index contributed by atoms with van der Waals surface area (Å²) in [6.07, 6.45) is 1.14. The largest absolute Gasteiger partial charge is 0.444 e. The van der Waals surface area contributed by atoms with E-state index in [4.69, 9.17) is 9.47 Å². The molecular weight excluding hydrogens is 570 g/mol. The minimum atomic E-state index is -1.18. The van der Waals surface area contributed by atoms with Crippen molar-refractivity contribution >= 4 is 63.0 Å². The molecule has 0 saturated heterocycles. The number of hydrogen-bond donors (Lipinski definition) is 2. The van der Waals surface area contributed by atoms with Crippen molar-refractivity contribution in [3.8, 4) is 11.4 Å². The predicted octanol–water partition coefficient (Wildman–Crippen LogP) is 6.92. The second-order valence-corrected chi connectivity index (χ2v) is 17.3.